The molecule has 1 aromatic carbocycles. The van der Waals surface area contributed by atoms with E-state index in [1.54, 1.807) is 6.08 Å². The first kappa shape index (κ1) is 15.5. The summed E-state index contributed by atoms with van der Waals surface area (Å²) in [5.41, 5.74) is 2.77. The van der Waals surface area contributed by atoms with Gasteiger partial charge in [0, 0.05) is 25.7 Å². The van der Waals surface area contributed by atoms with Crippen LogP contribution in [0, 0.1) is 0 Å². The van der Waals surface area contributed by atoms with Crippen LogP contribution in [0.1, 0.15) is 25.3 Å². The smallest absolute Gasteiger partial charge is 0.330 e. The van der Waals surface area contributed by atoms with Gasteiger partial charge >= 0.3 is 5.97 Å². The molecule has 0 aromatic heterocycles. The Labute approximate surface area is 126 Å². The minimum Gasteiger partial charge on any atom is -0.463 e. The highest BCUT2D eigenvalue weighted by atomic mass is 16.5. The molecular weight excluding hydrogens is 262 g/mol. The van der Waals surface area contributed by atoms with E-state index in [9.17, 15) is 4.79 Å². The van der Waals surface area contributed by atoms with Crippen molar-refractivity contribution in [2.75, 3.05) is 19.7 Å². The second kappa shape index (κ2) is 8.42. The second-order valence-electron chi connectivity index (χ2n) is 5.20. The van der Waals surface area contributed by atoms with E-state index in [1.165, 1.54) is 17.2 Å². The number of rotatable bonds is 5. The number of nitrogens with zero attached hydrogens (tertiary/aromatic N) is 1. The fraction of sp³-hybridized carbons (Fsp3) is 0.389. The van der Waals surface area contributed by atoms with Gasteiger partial charge in [0.05, 0.1) is 6.61 Å². The van der Waals surface area contributed by atoms with Crippen LogP contribution in [-0.4, -0.2) is 30.6 Å². The zero-order valence-corrected chi connectivity index (χ0v) is 12.6. The Bertz CT molecular complexity index is 495. The van der Waals surface area contributed by atoms with Gasteiger partial charge in [-0.1, -0.05) is 48.1 Å². The molecule has 0 N–H and O–H groups in total. The minimum absolute atomic E-state index is 0.268. The van der Waals surface area contributed by atoms with Gasteiger partial charge in [0.15, 0.2) is 0 Å². The Hall–Kier alpha value is -1.87. The lowest BCUT2D eigenvalue weighted by molar-refractivity contribution is -0.137. The molecule has 21 heavy (non-hydrogen) atoms. The van der Waals surface area contributed by atoms with Crippen LogP contribution in [0.3, 0.4) is 0 Å². The monoisotopic (exact) mass is 285 g/mol. The predicted molar refractivity (Wildman–Crippen MR) is 84.8 cm³/mol. The molecule has 0 unspecified atom stereocenters. The Morgan fingerprint density at radius 3 is 2.62 bits per heavy atom. The summed E-state index contributed by atoms with van der Waals surface area (Å²) in [6, 6.07) is 10.6. The number of benzene rings is 1. The van der Waals surface area contributed by atoms with Crippen LogP contribution in [-0.2, 0) is 16.1 Å². The van der Waals surface area contributed by atoms with Crippen molar-refractivity contribution in [3.8, 4) is 0 Å². The third kappa shape index (κ3) is 5.56. The van der Waals surface area contributed by atoms with Crippen molar-refractivity contribution < 1.29 is 9.53 Å². The van der Waals surface area contributed by atoms with Crippen molar-refractivity contribution in [1.82, 2.24) is 4.90 Å². The van der Waals surface area contributed by atoms with Crippen LogP contribution in [0.2, 0.25) is 0 Å². The number of esters is 1. The Balaban J connectivity index is 1.76. The topological polar surface area (TPSA) is 29.5 Å². The number of allylic oxidation sites excluding steroid dienone is 2. The van der Waals surface area contributed by atoms with Gasteiger partial charge < -0.3 is 4.74 Å². The fourth-order valence-corrected chi connectivity index (χ4v) is 2.46. The van der Waals surface area contributed by atoms with Crippen LogP contribution in [0.4, 0.5) is 0 Å². The van der Waals surface area contributed by atoms with E-state index in [4.69, 9.17) is 4.74 Å². The van der Waals surface area contributed by atoms with E-state index in [1.807, 2.05) is 6.92 Å². The molecule has 1 aliphatic rings. The first-order chi connectivity index (χ1) is 10.3. The maximum absolute atomic E-state index is 11.2. The molecule has 0 saturated carbocycles. The molecule has 1 fully saturated rings. The third-order valence-electron chi connectivity index (χ3n) is 3.60. The van der Waals surface area contributed by atoms with E-state index in [0.29, 0.717) is 6.61 Å². The van der Waals surface area contributed by atoms with E-state index < -0.39 is 0 Å². The SMILES string of the molecule is CCOC(=O)C=CC=C1CCN(Cc2ccccc2)CC1. The number of hydrogen-bond donors (Lipinski definition) is 0. The van der Waals surface area contributed by atoms with Crippen molar-refractivity contribution in [3.63, 3.8) is 0 Å². The fourth-order valence-electron chi connectivity index (χ4n) is 2.46. The van der Waals surface area contributed by atoms with E-state index in [0.717, 1.165) is 32.5 Å². The van der Waals surface area contributed by atoms with Crippen molar-refractivity contribution >= 4 is 5.97 Å². The largest absolute Gasteiger partial charge is 0.463 e. The predicted octanol–water partition coefficient (Wildman–Crippen LogP) is 3.33. The number of hydrogen-bond acceptors (Lipinski definition) is 3. The molecule has 0 bridgehead atoms. The second-order valence-corrected chi connectivity index (χ2v) is 5.20. The summed E-state index contributed by atoms with van der Waals surface area (Å²) in [5, 5.41) is 0. The van der Waals surface area contributed by atoms with Crippen LogP contribution in [0.15, 0.2) is 54.1 Å². The first-order valence-electron chi connectivity index (χ1n) is 7.57. The molecule has 0 atom stereocenters. The number of carbonyl (C=O) groups excluding carboxylic acids is 1. The molecule has 1 heterocycles. The quantitative estimate of drug-likeness (QED) is 0.614. The molecule has 3 heteroatoms. The van der Waals surface area contributed by atoms with E-state index in [-0.39, 0.29) is 5.97 Å². The van der Waals surface area contributed by atoms with Gasteiger partial charge in [-0.05, 0) is 25.3 Å². The lowest BCUT2D eigenvalue weighted by atomic mass is 10.0. The van der Waals surface area contributed by atoms with Gasteiger partial charge in [-0.2, -0.15) is 0 Å². The molecule has 0 amide bonds. The molecule has 112 valence electrons. The summed E-state index contributed by atoms with van der Waals surface area (Å²) in [7, 11) is 0. The van der Waals surface area contributed by atoms with Crippen molar-refractivity contribution in [1.29, 1.82) is 0 Å². The first-order valence-corrected chi connectivity index (χ1v) is 7.57. The standard InChI is InChI=1S/C18H23NO2/c1-2-21-18(20)10-6-9-16-11-13-19(14-12-16)15-17-7-4-3-5-8-17/h3-10H,2,11-15H2,1H3. The van der Waals surface area contributed by atoms with Gasteiger partial charge in [-0.3, -0.25) is 4.90 Å². The van der Waals surface area contributed by atoms with Gasteiger partial charge in [0.25, 0.3) is 0 Å². The number of ether oxygens (including phenoxy) is 1. The van der Waals surface area contributed by atoms with Crippen molar-refractivity contribution in [2.24, 2.45) is 0 Å². The highest BCUT2D eigenvalue weighted by Crippen LogP contribution is 2.18. The van der Waals surface area contributed by atoms with Gasteiger partial charge in [-0.25, -0.2) is 4.79 Å². The van der Waals surface area contributed by atoms with Crippen LogP contribution in [0.5, 0.6) is 0 Å². The highest BCUT2D eigenvalue weighted by molar-refractivity contribution is 5.82. The van der Waals surface area contributed by atoms with Crippen LogP contribution in [0.25, 0.3) is 0 Å². The molecule has 1 aliphatic heterocycles. The lowest BCUT2D eigenvalue weighted by Gasteiger charge is -2.28. The Kier molecular flexibility index (Phi) is 6.22. The summed E-state index contributed by atoms with van der Waals surface area (Å²) >= 11 is 0. The zero-order chi connectivity index (χ0) is 14.9. The Morgan fingerprint density at radius 2 is 1.95 bits per heavy atom. The molecule has 1 saturated heterocycles. The zero-order valence-electron chi connectivity index (χ0n) is 12.6. The molecule has 2 rings (SSSR count). The number of carbonyl (C=O) groups is 1. The minimum atomic E-state index is -0.268. The van der Waals surface area contributed by atoms with Crippen molar-refractivity contribution in [3.05, 3.63) is 59.7 Å². The van der Waals surface area contributed by atoms with Gasteiger partial charge in [0.1, 0.15) is 0 Å². The maximum atomic E-state index is 11.2. The van der Waals surface area contributed by atoms with Crippen molar-refractivity contribution in [2.45, 2.75) is 26.3 Å². The van der Waals surface area contributed by atoms with Crippen LogP contribution >= 0.6 is 0 Å². The molecule has 0 radical (unpaired) electrons. The van der Waals surface area contributed by atoms with E-state index >= 15 is 0 Å². The molecular formula is C18H23NO2. The summed E-state index contributed by atoms with van der Waals surface area (Å²) in [6.07, 6.45) is 7.49. The average Bonchev–Trinajstić information content (AvgIpc) is 2.50. The summed E-state index contributed by atoms with van der Waals surface area (Å²) in [6.45, 7) is 5.41. The molecule has 0 aliphatic carbocycles. The van der Waals surface area contributed by atoms with Gasteiger partial charge in [0.2, 0.25) is 0 Å². The van der Waals surface area contributed by atoms with Gasteiger partial charge in [-0.15, -0.1) is 0 Å². The maximum Gasteiger partial charge on any atom is 0.330 e. The summed E-state index contributed by atoms with van der Waals surface area (Å²) < 4.78 is 4.85. The molecule has 0 spiro atoms. The molecule has 1 aromatic rings. The highest BCUT2D eigenvalue weighted by Gasteiger charge is 2.13. The average molecular weight is 285 g/mol. The number of likely N-dealkylation sites (tertiary alicyclic amines) is 1. The summed E-state index contributed by atoms with van der Waals surface area (Å²) in [5.74, 6) is -0.268. The normalized spacial score (nSPS) is 16.1. The molecule has 3 nitrogen and oxygen atoms in total. The number of piperidine rings is 1. The van der Waals surface area contributed by atoms with E-state index in [2.05, 4.69) is 41.3 Å². The Morgan fingerprint density at radius 1 is 1.24 bits per heavy atom. The van der Waals surface area contributed by atoms with Crippen LogP contribution < -0.4 is 0 Å². The lowest BCUT2D eigenvalue weighted by Crippen LogP contribution is -2.30. The third-order valence-corrected chi connectivity index (χ3v) is 3.60. The summed E-state index contributed by atoms with van der Waals surface area (Å²) in [4.78, 5) is 13.7.